The van der Waals surface area contributed by atoms with Gasteiger partial charge in [0.15, 0.2) is 0 Å². The molecule has 20 heavy (non-hydrogen) atoms. The van der Waals surface area contributed by atoms with Gasteiger partial charge in [0.05, 0.1) is 32.8 Å². The molecule has 110 valence electrons. The number of carbonyl (C=O) groups excluding carboxylic acids is 1. The van der Waals surface area contributed by atoms with E-state index in [1.165, 1.54) is 23.8 Å². The molecule has 0 aliphatic heterocycles. The maximum atomic E-state index is 11.7. The van der Waals surface area contributed by atoms with E-state index in [4.69, 9.17) is 19.5 Å². The Bertz CT molecular complexity index is 504. The zero-order valence-electron chi connectivity index (χ0n) is 12.0. The Morgan fingerprint density at radius 3 is 2.65 bits per heavy atom. The van der Waals surface area contributed by atoms with Crippen LogP contribution in [0.25, 0.3) is 0 Å². The van der Waals surface area contributed by atoms with Crippen molar-refractivity contribution in [2.75, 3.05) is 28.3 Å². The topological polar surface area (TPSA) is 89.6 Å². The van der Waals surface area contributed by atoms with E-state index in [1.54, 1.807) is 14.1 Å². The zero-order valence-corrected chi connectivity index (χ0v) is 12.0. The summed E-state index contributed by atoms with van der Waals surface area (Å²) in [6.45, 7) is 0.516. The maximum Gasteiger partial charge on any atom is 0.416 e. The third-order valence-electron chi connectivity index (χ3n) is 2.40. The van der Waals surface area contributed by atoms with Crippen LogP contribution < -0.4 is 9.47 Å². The number of hydrogen-bond acceptors (Lipinski definition) is 6. The van der Waals surface area contributed by atoms with Crippen molar-refractivity contribution < 1.29 is 19.0 Å². The SMILES string of the molecule is COCc1nn(CCC#N)c(OC(=O)N(C)C)c1OC. The molecule has 0 saturated carbocycles. The second-order valence-electron chi connectivity index (χ2n) is 4.11. The fourth-order valence-corrected chi connectivity index (χ4v) is 1.49. The number of ether oxygens (including phenoxy) is 3. The molecule has 0 unspecified atom stereocenters. The minimum Gasteiger partial charge on any atom is -0.490 e. The van der Waals surface area contributed by atoms with E-state index in [-0.39, 0.29) is 18.9 Å². The summed E-state index contributed by atoms with van der Waals surface area (Å²) in [5, 5.41) is 12.9. The van der Waals surface area contributed by atoms with Crippen LogP contribution in [0.15, 0.2) is 0 Å². The Hall–Kier alpha value is -2.27. The first-order valence-corrected chi connectivity index (χ1v) is 5.93. The van der Waals surface area contributed by atoms with Gasteiger partial charge in [-0.3, -0.25) is 0 Å². The lowest BCUT2D eigenvalue weighted by atomic mass is 10.4. The minimum absolute atomic E-state index is 0.175. The lowest BCUT2D eigenvalue weighted by molar-refractivity contribution is 0.164. The van der Waals surface area contributed by atoms with Crippen LogP contribution in [-0.2, 0) is 17.9 Å². The Balaban J connectivity index is 3.13. The second kappa shape index (κ2) is 7.35. The van der Waals surface area contributed by atoms with Crippen LogP contribution in [0, 0.1) is 11.3 Å². The standard InChI is InChI=1S/C12H18N4O4/c1-15(2)12(17)20-11-10(19-4)9(8-18-3)14-16(11)7-5-6-13/h5,7-8H2,1-4H3. The van der Waals surface area contributed by atoms with Gasteiger partial charge >= 0.3 is 6.09 Å². The smallest absolute Gasteiger partial charge is 0.416 e. The van der Waals surface area contributed by atoms with Gasteiger partial charge in [-0.15, -0.1) is 0 Å². The highest BCUT2D eigenvalue weighted by Crippen LogP contribution is 2.32. The van der Waals surface area contributed by atoms with Gasteiger partial charge in [0.2, 0.25) is 5.75 Å². The summed E-state index contributed by atoms with van der Waals surface area (Å²) < 4.78 is 16.9. The molecule has 0 spiro atoms. The van der Waals surface area contributed by atoms with Crippen molar-refractivity contribution in [3.05, 3.63) is 5.69 Å². The Morgan fingerprint density at radius 2 is 2.15 bits per heavy atom. The van der Waals surface area contributed by atoms with E-state index in [2.05, 4.69) is 5.10 Å². The average Bonchev–Trinajstić information content (AvgIpc) is 2.73. The Kier molecular flexibility index (Phi) is 5.80. The van der Waals surface area contributed by atoms with Crippen LogP contribution in [0.4, 0.5) is 4.79 Å². The van der Waals surface area contributed by atoms with Crippen molar-refractivity contribution in [3.8, 4) is 17.7 Å². The van der Waals surface area contributed by atoms with Crippen LogP contribution in [0.1, 0.15) is 12.1 Å². The van der Waals surface area contributed by atoms with Gasteiger partial charge in [0, 0.05) is 21.2 Å². The second-order valence-corrected chi connectivity index (χ2v) is 4.11. The highest BCUT2D eigenvalue weighted by Gasteiger charge is 2.23. The molecule has 0 aliphatic rings. The summed E-state index contributed by atoms with van der Waals surface area (Å²) in [7, 11) is 6.12. The number of nitrogens with zero attached hydrogens (tertiary/aromatic N) is 4. The molecule has 0 fully saturated rings. The van der Waals surface area contributed by atoms with Crippen LogP contribution in [0.2, 0.25) is 0 Å². The maximum absolute atomic E-state index is 11.7. The summed E-state index contributed by atoms with van der Waals surface area (Å²) >= 11 is 0. The molecule has 0 radical (unpaired) electrons. The van der Waals surface area contributed by atoms with E-state index in [0.29, 0.717) is 18.0 Å². The Labute approximate surface area is 117 Å². The van der Waals surface area contributed by atoms with E-state index in [0.717, 1.165) is 0 Å². The van der Waals surface area contributed by atoms with Gasteiger partial charge in [0.1, 0.15) is 5.69 Å². The van der Waals surface area contributed by atoms with E-state index in [1.807, 2.05) is 6.07 Å². The van der Waals surface area contributed by atoms with Gasteiger partial charge < -0.3 is 19.1 Å². The first-order valence-electron chi connectivity index (χ1n) is 5.93. The summed E-state index contributed by atoms with van der Waals surface area (Å²) in [5.41, 5.74) is 0.509. The third kappa shape index (κ3) is 3.61. The van der Waals surface area contributed by atoms with Crippen LogP contribution in [0.3, 0.4) is 0 Å². The summed E-state index contributed by atoms with van der Waals surface area (Å²) in [6.07, 6.45) is -0.311. The largest absolute Gasteiger partial charge is 0.490 e. The van der Waals surface area contributed by atoms with Gasteiger partial charge in [-0.25, -0.2) is 9.48 Å². The summed E-state index contributed by atoms with van der Waals surface area (Å²) in [6, 6.07) is 2.01. The molecule has 0 atom stereocenters. The van der Waals surface area contributed by atoms with Crippen LogP contribution in [0.5, 0.6) is 11.6 Å². The average molecular weight is 282 g/mol. The Morgan fingerprint density at radius 1 is 1.45 bits per heavy atom. The lowest BCUT2D eigenvalue weighted by Crippen LogP contribution is -2.26. The minimum atomic E-state index is -0.551. The van der Waals surface area contributed by atoms with Crippen molar-refractivity contribution in [2.45, 2.75) is 19.6 Å². The van der Waals surface area contributed by atoms with Gasteiger partial charge in [0.25, 0.3) is 5.88 Å². The zero-order chi connectivity index (χ0) is 15.1. The van der Waals surface area contributed by atoms with Crippen molar-refractivity contribution in [2.24, 2.45) is 0 Å². The number of aromatic nitrogens is 2. The molecule has 0 saturated heterocycles. The molecule has 1 amide bonds. The first kappa shape index (κ1) is 15.8. The number of nitriles is 1. The predicted octanol–water partition coefficient (Wildman–Crippen LogP) is 1.01. The van der Waals surface area contributed by atoms with Crippen molar-refractivity contribution in [1.82, 2.24) is 14.7 Å². The fourth-order valence-electron chi connectivity index (χ4n) is 1.49. The normalized spacial score (nSPS) is 9.95. The van der Waals surface area contributed by atoms with E-state index in [9.17, 15) is 4.79 Å². The van der Waals surface area contributed by atoms with Crippen molar-refractivity contribution in [3.63, 3.8) is 0 Å². The summed E-state index contributed by atoms with van der Waals surface area (Å²) in [5.74, 6) is 0.508. The molecule has 0 aliphatic carbocycles. The molecule has 1 rings (SSSR count). The molecule has 8 heteroatoms. The molecule has 1 aromatic rings. The number of carbonyl (C=O) groups is 1. The molecular formula is C12H18N4O4. The molecule has 0 N–H and O–H groups in total. The van der Waals surface area contributed by atoms with E-state index >= 15 is 0 Å². The third-order valence-corrected chi connectivity index (χ3v) is 2.40. The van der Waals surface area contributed by atoms with Crippen LogP contribution in [-0.4, -0.2) is 49.1 Å². The van der Waals surface area contributed by atoms with Gasteiger partial charge in [-0.1, -0.05) is 0 Å². The van der Waals surface area contributed by atoms with Crippen molar-refractivity contribution >= 4 is 6.09 Å². The molecular weight excluding hydrogens is 264 g/mol. The number of methoxy groups -OCH3 is 2. The molecule has 8 nitrogen and oxygen atoms in total. The fraction of sp³-hybridized carbons (Fsp3) is 0.583. The lowest BCUT2D eigenvalue weighted by Gasteiger charge is -2.12. The highest BCUT2D eigenvalue weighted by molar-refractivity contribution is 5.70. The molecule has 1 heterocycles. The number of rotatable bonds is 6. The predicted molar refractivity (Wildman–Crippen MR) is 69.4 cm³/mol. The van der Waals surface area contributed by atoms with Crippen molar-refractivity contribution in [1.29, 1.82) is 5.26 Å². The molecule has 0 aromatic carbocycles. The number of hydrogen-bond donors (Lipinski definition) is 0. The summed E-state index contributed by atoms with van der Waals surface area (Å²) in [4.78, 5) is 13.0. The highest BCUT2D eigenvalue weighted by atomic mass is 16.6. The van der Waals surface area contributed by atoms with Crippen LogP contribution >= 0.6 is 0 Å². The van der Waals surface area contributed by atoms with E-state index < -0.39 is 6.09 Å². The van der Waals surface area contributed by atoms with Gasteiger partial charge in [-0.2, -0.15) is 10.4 Å². The molecule has 0 bridgehead atoms. The van der Waals surface area contributed by atoms with Gasteiger partial charge in [-0.05, 0) is 0 Å². The number of aryl methyl sites for hydroxylation is 1. The quantitative estimate of drug-likeness (QED) is 0.773. The molecule has 1 aromatic heterocycles. The number of amides is 1. The monoisotopic (exact) mass is 282 g/mol. The first-order chi connectivity index (χ1) is 9.54.